The van der Waals surface area contributed by atoms with Crippen molar-refractivity contribution in [2.24, 2.45) is 4.99 Å². The summed E-state index contributed by atoms with van der Waals surface area (Å²) >= 11 is 0. The summed E-state index contributed by atoms with van der Waals surface area (Å²) in [5.41, 5.74) is 3.84. The van der Waals surface area contributed by atoms with E-state index in [2.05, 4.69) is 22.9 Å². The molecule has 3 heteroatoms. The molecule has 0 bridgehead atoms. The fourth-order valence-electron chi connectivity index (χ4n) is 3.24. The molecule has 1 aliphatic rings. The molecule has 1 aliphatic heterocycles. The quantitative estimate of drug-likeness (QED) is 0.757. The molecular weight excluding hydrogens is 263 g/mol. The summed E-state index contributed by atoms with van der Waals surface area (Å²) < 4.78 is 13.5. The third-order valence-electron chi connectivity index (χ3n) is 4.58. The highest BCUT2D eigenvalue weighted by Gasteiger charge is 2.39. The number of aliphatic imine (C=N–C) groups is 1. The summed E-state index contributed by atoms with van der Waals surface area (Å²) in [6, 6.07) is 13.2. The van der Waals surface area contributed by atoms with Crippen LogP contribution in [-0.2, 0) is 5.54 Å². The fourth-order valence-corrected chi connectivity index (χ4v) is 3.24. The van der Waals surface area contributed by atoms with E-state index in [1.165, 1.54) is 6.07 Å². The minimum atomic E-state index is -0.347. The number of halogens is 1. The second-order valence-corrected chi connectivity index (χ2v) is 5.77. The molecule has 0 aliphatic carbocycles. The molecule has 0 saturated carbocycles. The van der Waals surface area contributed by atoms with Crippen molar-refractivity contribution in [3.8, 4) is 0 Å². The lowest BCUT2D eigenvalue weighted by Crippen LogP contribution is -2.47. The molecule has 21 heavy (non-hydrogen) atoms. The molecular formula is C18H19FN2. The first-order chi connectivity index (χ1) is 9.94. The third-order valence-corrected chi connectivity index (χ3v) is 4.58. The Hall–Kier alpha value is -2.16. The first-order valence-electron chi connectivity index (χ1n) is 7.10. The topological polar surface area (TPSA) is 15.6 Å². The Morgan fingerprint density at radius 1 is 1.05 bits per heavy atom. The maximum atomic E-state index is 13.5. The second-order valence-electron chi connectivity index (χ2n) is 5.77. The van der Waals surface area contributed by atoms with Gasteiger partial charge in [-0.3, -0.25) is 0 Å². The number of rotatable bonds is 1. The predicted molar refractivity (Wildman–Crippen MR) is 84.6 cm³/mol. The molecule has 108 valence electrons. The van der Waals surface area contributed by atoms with E-state index in [1.807, 2.05) is 45.2 Å². The van der Waals surface area contributed by atoms with Gasteiger partial charge in [-0.1, -0.05) is 24.3 Å². The molecule has 0 aromatic heterocycles. The summed E-state index contributed by atoms with van der Waals surface area (Å²) in [5, 5.41) is 0. The minimum absolute atomic E-state index is 0.197. The standard InChI is InChI=1S/C18H19FN2/c1-12-11-14(19)9-10-15(12)18(3)16-7-5-6-8-17(16)20-13(2)21(18)4/h5-11H,1-4H3. The van der Waals surface area contributed by atoms with Crippen molar-refractivity contribution in [1.82, 2.24) is 4.90 Å². The van der Waals surface area contributed by atoms with Crippen LogP contribution < -0.4 is 0 Å². The van der Waals surface area contributed by atoms with Gasteiger partial charge >= 0.3 is 0 Å². The number of para-hydroxylation sites is 1. The summed E-state index contributed by atoms with van der Waals surface area (Å²) in [5.74, 6) is 0.761. The fraction of sp³-hybridized carbons (Fsp3) is 0.278. The van der Waals surface area contributed by atoms with E-state index in [9.17, 15) is 4.39 Å². The van der Waals surface area contributed by atoms with Crippen LogP contribution >= 0.6 is 0 Å². The number of hydrogen-bond donors (Lipinski definition) is 0. The zero-order chi connectivity index (χ0) is 15.2. The maximum absolute atomic E-state index is 13.5. The summed E-state index contributed by atoms with van der Waals surface area (Å²) in [7, 11) is 2.04. The van der Waals surface area contributed by atoms with Gasteiger partial charge in [-0.2, -0.15) is 0 Å². The molecule has 2 nitrogen and oxygen atoms in total. The molecule has 2 aromatic rings. The molecule has 0 N–H and O–H groups in total. The summed E-state index contributed by atoms with van der Waals surface area (Å²) in [6.45, 7) is 6.14. The molecule has 0 spiro atoms. The largest absolute Gasteiger partial charge is 0.350 e. The third kappa shape index (κ3) is 1.96. The van der Waals surface area contributed by atoms with Gasteiger partial charge in [0.15, 0.2) is 0 Å². The van der Waals surface area contributed by atoms with Crippen LogP contribution in [-0.4, -0.2) is 17.8 Å². The number of amidine groups is 1. The molecule has 0 saturated heterocycles. The molecule has 3 rings (SSSR count). The summed E-state index contributed by atoms with van der Waals surface area (Å²) in [4.78, 5) is 6.83. The van der Waals surface area contributed by atoms with Crippen molar-refractivity contribution < 1.29 is 4.39 Å². The number of aryl methyl sites for hydroxylation is 1. The lowest BCUT2D eigenvalue weighted by atomic mass is 9.79. The Balaban J connectivity index is 2.30. The van der Waals surface area contributed by atoms with Crippen LogP contribution in [0.25, 0.3) is 0 Å². The first-order valence-corrected chi connectivity index (χ1v) is 7.10. The van der Waals surface area contributed by atoms with Gasteiger partial charge < -0.3 is 4.90 Å². The highest BCUT2D eigenvalue weighted by atomic mass is 19.1. The number of nitrogens with zero attached hydrogens (tertiary/aromatic N) is 2. The Bertz CT molecular complexity index is 736. The van der Waals surface area contributed by atoms with Crippen LogP contribution in [0.4, 0.5) is 10.1 Å². The lowest BCUT2D eigenvalue weighted by Gasteiger charge is -2.45. The van der Waals surface area contributed by atoms with Crippen LogP contribution in [0.1, 0.15) is 30.5 Å². The molecule has 1 heterocycles. The number of hydrogen-bond acceptors (Lipinski definition) is 2. The number of fused-ring (bicyclic) bond motifs is 1. The first kappa shape index (κ1) is 13.8. The number of benzene rings is 2. The van der Waals surface area contributed by atoms with Crippen LogP contribution in [0.3, 0.4) is 0 Å². The second kappa shape index (κ2) is 4.69. The Morgan fingerprint density at radius 3 is 2.48 bits per heavy atom. The van der Waals surface area contributed by atoms with Gasteiger partial charge in [-0.05, 0) is 50.1 Å². The molecule has 0 radical (unpaired) electrons. The van der Waals surface area contributed by atoms with Crippen molar-refractivity contribution in [2.45, 2.75) is 26.3 Å². The van der Waals surface area contributed by atoms with Gasteiger partial charge in [0.25, 0.3) is 0 Å². The zero-order valence-corrected chi connectivity index (χ0v) is 12.8. The van der Waals surface area contributed by atoms with Crippen LogP contribution in [0, 0.1) is 12.7 Å². The highest BCUT2D eigenvalue weighted by Crippen LogP contribution is 2.44. The van der Waals surface area contributed by atoms with Crippen molar-refractivity contribution in [3.63, 3.8) is 0 Å². The monoisotopic (exact) mass is 282 g/mol. The van der Waals surface area contributed by atoms with E-state index in [4.69, 9.17) is 0 Å². The van der Waals surface area contributed by atoms with E-state index in [1.54, 1.807) is 6.07 Å². The van der Waals surface area contributed by atoms with Gasteiger partial charge in [0.2, 0.25) is 0 Å². The summed E-state index contributed by atoms with van der Waals surface area (Å²) in [6.07, 6.45) is 0. The van der Waals surface area contributed by atoms with E-state index >= 15 is 0 Å². The lowest BCUT2D eigenvalue weighted by molar-refractivity contribution is 0.280. The molecule has 0 amide bonds. The molecule has 2 aromatic carbocycles. The Morgan fingerprint density at radius 2 is 1.76 bits per heavy atom. The van der Waals surface area contributed by atoms with Crippen LogP contribution in [0.15, 0.2) is 47.5 Å². The highest BCUT2D eigenvalue weighted by molar-refractivity contribution is 5.87. The van der Waals surface area contributed by atoms with Crippen molar-refractivity contribution >= 4 is 11.5 Å². The van der Waals surface area contributed by atoms with Gasteiger partial charge in [0.1, 0.15) is 11.7 Å². The van der Waals surface area contributed by atoms with Crippen molar-refractivity contribution in [1.29, 1.82) is 0 Å². The average Bonchev–Trinajstić information content (AvgIpc) is 2.45. The predicted octanol–water partition coefficient (Wildman–Crippen LogP) is 4.39. The van der Waals surface area contributed by atoms with Gasteiger partial charge in [-0.15, -0.1) is 0 Å². The SMILES string of the molecule is CC1=Nc2ccccc2C(C)(c2ccc(F)cc2C)N1C. The molecule has 1 unspecified atom stereocenters. The van der Waals surface area contributed by atoms with Crippen LogP contribution in [0.5, 0.6) is 0 Å². The maximum Gasteiger partial charge on any atom is 0.123 e. The van der Waals surface area contributed by atoms with Gasteiger partial charge in [-0.25, -0.2) is 9.38 Å². The smallest absolute Gasteiger partial charge is 0.123 e. The van der Waals surface area contributed by atoms with Gasteiger partial charge in [0, 0.05) is 12.6 Å². The van der Waals surface area contributed by atoms with Gasteiger partial charge in [0.05, 0.1) is 11.2 Å². The Kier molecular flexibility index (Phi) is 3.08. The normalized spacial score (nSPS) is 21.0. The zero-order valence-electron chi connectivity index (χ0n) is 12.8. The minimum Gasteiger partial charge on any atom is -0.350 e. The van der Waals surface area contributed by atoms with Crippen molar-refractivity contribution in [3.05, 3.63) is 65.0 Å². The van der Waals surface area contributed by atoms with E-state index < -0.39 is 0 Å². The molecule has 0 fully saturated rings. The Labute approximate surface area is 124 Å². The molecule has 1 atom stereocenters. The van der Waals surface area contributed by atoms with E-state index in [0.29, 0.717) is 0 Å². The van der Waals surface area contributed by atoms with E-state index in [-0.39, 0.29) is 11.4 Å². The van der Waals surface area contributed by atoms with Crippen molar-refractivity contribution in [2.75, 3.05) is 7.05 Å². The van der Waals surface area contributed by atoms with Crippen LogP contribution in [0.2, 0.25) is 0 Å². The van der Waals surface area contributed by atoms with E-state index in [0.717, 1.165) is 28.2 Å². The average molecular weight is 282 g/mol.